The van der Waals surface area contributed by atoms with Crippen LogP contribution in [0.4, 0.5) is 0 Å². The largest absolute Gasteiger partial charge is 0.474 e. The van der Waals surface area contributed by atoms with Crippen molar-refractivity contribution in [2.75, 3.05) is 27.2 Å². The van der Waals surface area contributed by atoms with E-state index in [-0.39, 0.29) is 29.9 Å². The number of hydrogen-bond acceptors (Lipinski definition) is 4. The van der Waals surface area contributed by atoms with Crippen LogP contribution < -0.4 is 15.4 Å². The van der Waals surface area contributed by atoms with Gasteiger partial charge in [0.2, 0.25) is 11.8 Å². The summed E-state index contributed by atoms with van der Waals surface area (Å²) in [5, 5.41) is 6.18. The van der Waals surface area contributed by atoms with Crippen LogP contribution in [0.5, 0.6) is 5.88 Å². The Morgan fingerprint density at radius 3 is 2.66 bits per heavy atom. The molecule has 1 aliphatic heterocycles. The molecule has 29 heavy (non-hydrogen) atoms. The van der Waals surface area contributed by atoms with Gasteiger partial charge in [0.25, 0.3) is 0 Å². The van der Waals surface area contributed by atoms with E-state index < -0.39 is 0 Å². The van der Waals surface area contributed by atoms with Crippen molar-refractivity contribution < 1.29 is 9.53 Å². The van der Waals surface area contributed by atoms with Crippen molar-refractivity contribution in [2.45, 2.75) is 57.6 Å². The van der Waals surface area contributed by atoms with E-state index in [1.165, 1.54) is 12.8 Å². The van der Waals surface area contributed by atoms with Crippen molar-refractivity contribution in [2.24, 2.45) is 10.9 Å². The Labute approximate surface area is 191 Å². The third kappa shape index (κ3) is 7.31. The number of pyridine rings is 1. The Hall–Kier alpha value is -1.58. The second-order valence-corrected chi connectivity index (χ2v) is 7.74. The lowest BCUT2D eigenvalue weighted by Gasteiger charge is -2.34. The van der Waals surface area contributed by atoms with Crippen LogP contribution in [0.2, 0.25) is 0 Å². The van der Waals surface area contributed by atoms with Gasteiger partial charge in [-0.3, -0.25) is 9.79 Å². The highest BCUT2D eigenvalue weighted by atomic mass is 127. The predicted molar refractivity (Wildman–Crippen MR) is 126 cm³/mol. The Kier molecular flexibility index (Phi) is 9.96. The van der Waals surface area contributed by atoms with Gasteiger partial charge < -0.3 is 20.3 Å². The SMILES string of the molecule is CN=C(NCc1ccnc(OC2CCCC2)c1)N1CCC(CC(=O)NC)CC1.I. The molecule has 2 fully saturated rings. The third-order valence-corrected chi connectivity index (χ3v) is 5.72. The topological polar surface area (TPSA) is 78.9 Å². The first-order chi connectivity index (χ1) is 13.7. The molecule has 0 radical (unpaired) electrons. The molecule has 0 atom stereocenters. The highest BCUT2D eigenvalue weighted by Crippen LogP contribution is 2.23. The van der Waals surface area contributed by atoms with Crippen LogP contribution in [0.3, 0.4) is 0 Å². The van der Waals surface area contributed by atoms with Gasteiger partial charge in [0.1, 0.15) is 6.10 Å². The number of nitrogens with one attached hydrogen (secondary N) is 2. The third-order valence-electron chi connectivity index (χ3n) is 5.72. The molecule has 2 heterocycles. The Morgan fingerprint density at radius 2 is 2.00 bits per heavy atom. The number of piperidine rings is 1. The van der Waals surface area contributed by atoms with E-state index in [1.54, 1.807) is 7.05 Å². The van der Waals surface area contributed by atoms with Crippen molar-refractivity contribution in [3.63, 3.8) is 0 Å². The van der Waals surface area contributed by atoms with Gasteiger partial charge in [0, 0.05) is 52.4 Å². The van der Waals surface area contributed by atoms with Crippen LogP contribution in [0.1, 0.15) is 50.5 Å². The van der Waals surface area contributed by atoms with Crippen LogP contribution in [0.15, 0.2) is 23.3 Å². The van der Waals surface area contributed by atoms with E-state index >= 15 is 0 Å². The number of aliphatic imine (C=N–C) groups is 1. The lowest BCUT2D eigenvalue weighted by molar-refractivity contribution is -0.121. The van der Waals surface area contributed by atoms with E-state index in [0.717, 1.165) is 56.2 Å². The fourth-order valence-corrected chi connectivity index (χ4v) is 4.03. The number of carbonyl (C=O) groups is 1. The summed E-state index contributed by atoms with van der Waals surface area (Å²) in [5.74, 6) is 2.23. The Balaban J connectivity index is 0.00000300. The maximum absolute atomic E-state index is 11.6. The summed E-state index contributed by atoms with van der Waals surface area (Å²) in [6.45, 7) is 2.54. The number of nitrogens with zero attached hydrogens (tertiary/aromatic N) is 3. The lowest BCUT2D eigenvalue weighted by atomic mass is 9.93. The quantitative estimate of drug-likeness (QED) is 0.346. The fraction of sp³-hybridized carbons (Fsp3) is 0.667. The highest BCUT2D eigenvalue weighted by Gasteiger charge is 2.23. The normalized spacial score (nSPS) is 18.3. The Morgan fingerprint density at radius 1 is 1.28 bits per heavy atom. The maximum Gasteiger partial charge on any atom is 0.220 e. The van der Waals surface area contributed by atoms with Crippen molar-refractivity contribution in [3.8, 4) is 5.88 Å². The first-order valence-corrected chi connectivity index (χ1v) is 10.5. The minimum atomic E-state index is 0. The summed E-state index contributed by atoms with van der Waals surface area (Å²) in [6.07, 6.45) is 9.56. The monoisotopic (exact) mass is 515 g/mol. The molecule has 0 unspecified atom stereocenters. The van der Waals surface area contributed by atoms with Gasteiger partial charge >= 0.3 is 0 Å². The molecule has 162 valence electrons. The van der Waals surface area contributed by atoms with Crippen LogP contribution >= 0.6 is 24.0 Å². The molecule has 3 rings (SSSR count). The molecule has 7 nitrogen and oxygen atoms in total. The smallest absolute Gasteiger partial charge is 0.220 e. The van der Waals surface area contributed by atoms with E-state index in [1.807, 2.05) is 25.4 Å². The zero-order valence-electron chi connectivity index (χ0n) is 17.5. The Bertz CT molecular complexity index is 671. The van der Waals surface area contributed by atoms with Crippen molar-refractivity contribution >= 4 is 35.8 Å². The van der Waals surface area contributed by atoms with E-state index in [4.69, 9.17) is 4.74 Å². The van der Waals surface area contributed by atoms with Gasteiger partial charge in [-0.2, -0.15) is 0 Å². The summed E-state index contributed by atoms with van der Waals surface area (Å²) in [6, 6.07) is 4.03. The molecule has 0 spiro atoms. The maximum atomic E-state index is 11.6. The molecule has 1 aliphatic carbocycles. The van der Waals surface area contributed by atoms with Gasteiger partial charge in [-0.25, -0.2) is 4.98 Å². The first kappa shape index (κ1) is 23.7. The minimum Gasteiger partial charge on any atom is -0.474 e. The number of rotatable bonds is 6. The van der Waals surface area contributed by atoms with Crippen LogP contribution in [-0.4, -0.2) is 55.0 Å². The van der Waals surface area contributed by atoms with Crippen molar-refractivity contribution in [1.29, 1.82) is 0 Å². The fourth-order valence-electron chi connectivity index (χ4n) is 4.03. The van der Waals surface area contributed by atoms with Crippen molar-refractivity contribution in [1.82, 2.24) is 20.5 Å². The van der Waals surface area contributed by atoms with Gasteiger partial charge in [-0.15, -0.1) is 24.0 Å². The van der Waals surface area contributed by atoms with E-state index in [0.29, 0.717) is 25.0 Å². The number of carbonyl (C=O) groups excluding carboxylic acids is 1. The minimum absolute atomic E-state index is 0. The second kappa shape index (κ2) is 12.2. The molecule has 0 bridgehead atoms. The van der Waals surface area contributed by atoms with Gasteiger partial charge in [-0.1, -0.05) is 0 Å². The summed E-state index contributed by atoms with van der Waals surface area (Å²) < 4.78 is 6.01. The first-order valence-electron chi connectivity index (χ1n) is 10.5. The molecular formula is C21H34IN5O2. The molecule has 1 aromatic heterocycles. The number of likely N-dealkylation sites (tertiary alicyclic amines) is 1. The van der Waals surface area contributed by atoms with Gasteiger partial charge in [0.15, 0.2) is 5.96 Å². The molecule has 1 aromatic rings. The summed E-state index contributed by atoms with van der Waals surface area (Å²) >= 11 is 0. The average molecular weight is 515 g/mol. The summed E-state index contributed by atoms with van der Waals surface area (Å²) in [5.41, 5.74) is 1.14. The van der Waals surface area contributed by atoms with Crippen LogP contribution in [0.25, 0.3) is 0 Å². The van der Waals surface area contributed by atoms with Gasteiger partial charge in [-0.05, 0) is 56.1 Å². The van der Waals surface area contributed by atoms with Crippen molar-refractivity contribution in [3.05, 3.63) is 23.9 Å². The van der Waals surface area contributed by atoms with E-state index in [2.05, 4.69) is 25.5 Å². The lowest BCUT2D eigenvalue weighted by Crippen LogP contribution is -2.45. The molecule has 8 heteroatoms. The average Bonchev–Trinajstić information content (AvgIpc) is 3.23. The zero-order chi connectivity index (χ0) is 19.8. The molecular weight excluding hydrogens is 481 g/mol. The number of hydrogen-bond donors (Lipinski definition) is 2. The van der Waals surface area contributed by atoms with Gasteiger partial charge in [0.05, 0.1) is 0 Å². The second-order valence-electron chi connectivity index (χ2n) is 7.74. The molecule has 1 saturated carbocycles. The number of amides is 1. The zero-order valence-corrected chi connectivity index (χ0v) is 19.9. The molecule has 0 aromatic carbocycles. The van der Waals surface area contributed by atoms with E-state index in [9.17, 15) is 4.79 Å². The number of halogens is 1. The standard InChI is InChI=1S/C21H33N5O2.HI/c1-22-19(27)13-16-8-11-26(12-9-16)21(23-2)25-15-17-7-10-24-20(14-17)28-18-5-3-4-6-18;/h7,10,14,16,18H,3-6,8-9,11-13,15H2,1-2H3,(H,22,27)(H,23,25);1H. The van der Waals surface area contributed by atoms with Crippen LogP contribution in [-0.2, 0) is 11.3 Å². The number of guanidine groups is 1. The molecule has 2 N–H and O–H groups in total. The number of aromatic nitrogens is 1. The summed E-state index contributed by atoms with van der Waals surface area (Å²) in [7, 11) is 3.52. The predicted octanol–water partition coefficient (Wildman–Crippen LogP) is 2.94. The van der Waals surface area contributed by atoms with Crippen LogP contribution in [0, 0.1) is 5.92 Å². The highest BCUT2D eigenvalue weighted by molar-refractivity contribution is 14.0. The molecule has 1 saturated heterocycles. The number of ether oxygens (including phenoxy) is 1. The molecule has 2 aliphatic rings. The molecule has 1 amide bonds. The summed E-state index contributed by atoms with van der Waals surface area (Å²) in [4.78, 5) is 22.6.